The SMILES string of the molecule is CCOc1ccc(C)cc1C(NC)c1cccc(OC)c1. The molecule has 0 saturated heterocycles. The Morgan fingerprint density at radius 2 is 1.95 bits per heavy atom. The molecule has 2 rings (SSSR count). The van der Waals surface area contributed by atoms with Gasteiger partial charge < -0.3 is 14.8 Å². The third-order valence-electron chi connectivity index (χ3n) is 3.49. The quantitative estimate of drug-likeness (QED) is 0.877. The summed E-state index contributed by atoms with van der Waals surface area (Å²) in [6.07, 6.45) is 0. The Morgan fingerprint density at radius 3 is 2.62 bits per heavy atom. The summed E-state index contributed by atoms with van der Waals surface area (Å²) in [5.41, 5.74) is 3.52. The van der Waals surface area contributed by atoms with Crippen LogP contribution in [0.4, 0.5) is 0 Å². The third kappa shape index (κ3) is 3.56. The minimum absolute atomic E-state index is 0.0709. The Labute approximate surface area is 126 Å². The van der Waals surface area contributed by atoms with Crippen molar-refractivity contribution in [3.63, 3.8) is 0 Å². The fraction of sp³-hybridized carbons (Fsp3) is 0.333. The molecule has 2 aromatic rings. The molecule has 21 heavy (non-hydrogen) atoms. The summed E-state index contributed by atoms with van der Waals surface area (Å²) in [6, 6.07) is 14.5. The first-order chi connectivity index (χ1) is 10.2. The second-order valence-corrected chi connectivity index (χ2v) is 4.97. The average molecular weight is 285 g/mol. The Hall–Kier alpha value is -2.00. The number of methoxy groups -OCH3 is 1. The summed E-state index contributed by atoms with van der Waals surface area (Å²) in [5, 5.41) is 3.38. The maximum absolute atomic E-state index is 5.78. The minimum Gasteiger partial charge on any atom is -0.497 e. The zero-order valence-corrected chi connectivity index (χ0v) is 13.1. The molecule has 1 atom stereocenters. The molecular formula is C18H23NO2. The van der Waals surface area contributed by atoms with Crippen molar-refractivity contribution in [3.05, 3.63) is 59.2 Å². The normalized spacial score (nSPS) is 12.0. The molecule has 3 heteroatoms. The highest BCUT2D eigenvalue weighted by Gasteiger charge is 2.17. The van der Waals surface area contributed by atoms with Gasteiger partial charge in [0.15, 0.2) is 0 Å². The van der Waals surface area contributed by atoms with Crippen LogP contribution in [-0.4, -0.2) is 20.8 Å². The zero-order chi connectivity index (χ0) is 15.2. The molecule has 0 radical (unpaired) electrons. The third-order valence-corrected chi connectivity index (χ3v) is 3.49. The molecule has 112 valence electrons. The van der Waals surface area contributed by atoms with E-state index in [-0.39, 0.29) is 6.04 Å². The van der Waals surface area contributed by atoms with Gasteiger partial charge in [0.2, 0.25) is 0 Å². The summed E-state index contributed by atoms with van der Waals surface area (Å²) in [6.45, 7) is 4.76. The number of nitrogens with one attached hydrogen (secondary N) is 1. The summed E-state index contributed by atoms with van der Waals surface area (Å²) < 4.78 is 11.1. The van der Waals surface area contributed by atoms with Crippen molar-refractivity contribution in [1.82, 2.24) is 5.32 Å². The van der Waals surface area contributed by atoms with E-state index in [2.05, 4.69) is 36.5 Å². The van der Waals surface area contributed by atoms with E-state index in [4.69, 9.17) is 9.47 Å². The van der Waals surface area contributed by atoms with Crippen molar-refractivity contribution >= 4 is 0 Å². The van der Waals surface area contributed by atoms with Crippen molar-refractivity contribution in [2.75, 3.05) is 20.8 Å². The molecule has 0 amide bonds. The van der Waals surface area contributed by atoms with Gasteiger partial charge >= 0.3 is 0 Å². The second-order valence-electron chi connectivity index (χ2n) is 4.97. The maximum Gasteiger partial charge on any atom is 0.124 e. The first-order valence-electron chi connectivity index (χ1n) is 7.24. The van der Waals surface area contributed by atoms with Crippen LogP contribution in [0.15, 0.2) is 42.5 Å². The van der Waals surface area contributed by atoms with Crippen molar-refractivity contribution in [3.8, 4) is 11.5 Å². The van der Waals surface area contributed by atoms with E-state index in [0.29, 0.717) is 6.61 Å². The van der Waals surface area contributed by atoms with Crippen molar-refractivity contribution in [1.29, 1.82) is 0 Å². The topological polar surface area (TPSA) is 30.5 Å². The molecule has 0 aliphatic heterocycles. The lowest BCUT2D eigenvalue weighted by atomic mass is 9.96. The van der Waals surface area contributed by atoms with Crippen molar-refractivity contribution < 1.29 is 9.47 Å². The largest absolute Gasteiger partial charge is 0.497 e. The lowest BCUT2D eigenvalue weighted by Gasteiger charge is -2.21. The number of rotatable bonds is 6. The Morgan fingerprint density at radius 1 is 1.14 bits per heavy atom. The lowest BCUT2D eigenvalue weighted by molar-refractivity contribution is 0.334. The fourth-order valence-electron chi connectivity index (χ4n) is 2.50. The average Bonchev–Trinajstić information content (AvgIpc) is 2.51. The van der Waals surface area contributed by atoms with Crippen LogP contribution in [0.5, 0.6) is 11.5 Å². The van der Waals surface area contributed by atoms with E-state index in [0.717, 1.165) is 22.6 Å². The lowest BCUT2D eigenvalue weighted by Crippen LogP contribution is -2.19. The number of aryl methyl sites for hydroxylation is 1. The molecule has 0 aliphatic rings. The molecule has 3 nitrogen and oxygen atoms in total. The van der Waals surface area contributed by atoms with Gasteiger partial charge in [0, 0.05) is 5.56 Å². The standard InChI is InChI=1S/C18H23NO2/c1-5-21-17-10-9-13(2)11-16(17)18(19-3)14-7-6-8-15(12-14)20-4/h6-12,18-19H,5H2,1-4H3. The van der Waals surface area contributed by atoms with Crippen LogP contribution in [0.1, 0.15) is 29.7 Å². The van der Waals surface area contributed by atoms with Crippen LogP contribution in [-0.2, 0) is 0 Å². The first-order valence-corrected chi connectivity index (χ1v) is 7.24. The molecule has 1 unspecified atom stereocenters. The Kier molecular flexibility index (Phi) is 5.23. The van der Waals surface area contributed by atoms with Gasteiger partial charge in [0.1, 0.15) is 11.5 Å². The van der Waals surface area contributed by atoms with Crippen LogP contribution >= 0.6 is 0 Å². The van der Waals surface area contributed by atoms with Gasteiger partial charge in [-0.25, -0.2) is 0 Å². The van der Waals surface area contributed by atoms with E-state index in [1.165, 1.54) is 5.56 Å². The Balaban J connectivity index is 2.47. The summed E-state index contributed by atoms with van der Waals surface area (Å²) in [4.78, 5) is 0. The molecule has 1 N–H and O–H groups in total. The molecule has 0 heterocycles. The maximum atomic E-state index is 5.78. The summed E-state index contributed by atoms with van der Waals surface area (Å²) >= 11 is 0. The highest BCUT2D eigenvalue weighted by atomic mass is 16.5. The number of hydrogen-bond donors (Lipinski definition) is 1. The number of hydrogen-bond acceptors (Lipinski definition) is 3. The van der Waals surface area contributed by atoms with E-state index in [9.17, 15) is 0 Å². The minimum atomic E-state index is 0.0709. The smallest absolute Gasteiger partial charge is 0.124 e. The highest BCUT2D eigenvalue weighted by molar-refractivity contribution is 5.45. The van der Waals surface area contributed by atoms with Crippen molar-refractivity contribution in [2.45, 2.75) is 19.9 Å². The molecule has 0 aliphatic carbocycles. The van der Waals surface area contributed by atoms with Gasteiger partial charge in [-0.05, 0) is 44.7 Å². The van der Waals surface area contributed by atoms with E-state index < -0.39 is 0 Å². The van der Waals surface area contributed by atoms with Crippen LogP contribution < -0.4 is 14.8 Å². The first kappa shape index (κ1) is 15.4. The molecule has 0 fully saturated rings. The van der Waals surface area contributed by atoms with E-state index in [1.54, 1.807) is 7.11 Å². The van der Waals surface area contributed by atoms with Crippen LogP contribution in [0.2, 0.25) is 0 Å². The highest BCUT2D eigenvalue weighted by Crippen LogP contribution is 2.32. The predicted molar refractivity (Wildman–Crippen MR) is 86.2 cm³/mol. The summed E-state index contributed by atoms with van der Waals surface area (Å²) in [7, 11) is 3.65. The number of ether oxygens (including phenoxy) is 2. The molecule has 0 spiro atoms. The zero-order valence-electron chi connectivity index (χ0n) is 13.1. The predicted octanol–water partition coefficient (Wildman–Crippen LogP) is 3.71. The summed E-state index contributed by atoms with van der Waals surface area (Å²) in [5.74, 6) is 1.78. The van der Waals surface area contributed by atoms with E-state index >= 15 is 0 Å². The fourth-order valence-corrected chi connectivity index (χ4v) is 2.50. The van der Waals surface area contributed by atoms with E-state index in [1.807, 2.05) is 32.2 Å². The van der Waals surface area contributed by atoms with Gasteiger partial charge in [-0.1, -0.05) is 29.8 Å². The van der Waals surface area contributed by atoms with Gasteiger partial charge in [-0.3, -0.25) is 0 Å². The van der Waals surface area contributed by atoms with Crippen LogP contribution in [0.3, 0.4) is 0 Å². The molecule has 0 aromatic heterocycles. The van der Waals surface area contributed by atoms with Gasteiger partial charge in [0.05, 0.1) is 19.8 Å². The van der Waals surface area contributed by atoms with Crippen LogP contribution in [0, 0.1) is 6.92 Å². The van der Waals surface area contributed by atoms with Crippen molar-refractivity contribution in [2.24, 2.45) is 0 Å². The molecule has 0 saturated carbocycles. The number of benzene rings is 2. The molecular weight excluding hydrogens is 262 g/mol. The van der Waals surface area contributed by atoms with Crippen LogP contribution in [0.25, 0.3) is 0 Å². The molecule has 2 aromatic carbocycles. The van der Waals surface area contributed by atoms with Gasteiger partial charge in [0.25, 0.3) is 0 Å². The second kappa shape index (κ2) is 7.14. The van der Waals surface area contributed by atoms with Gasteiger partial charge in [-0.2, -0.15) is 0 Å². The monoisotopic (exact) mass is 285 g/mol. The molecule has 0 bridgehead atoms. The van der Waals surface area contributed by atoms with Gasteiger partial charge in [-0.15, -0.1) is 0 Å². The Bertz CT molecular complexity index is 596.